The molecule has 0 aromatic carbocycles. The van der Waals surface area contributed by atoms with E-state index >= 15 is 0 Å². The van der Waals surface area contributed by atoms with Crippen LogP contribution in [0.4, 0.5) is 0 Å². The minimum absolute atomic E-state index is 0.0456. The Balaban J connectivity index is 1.74. The number of nitrogens with one attached hydrogen (secondary N) is 1. The molecule has 5 nitrogen and oxygen atoms in total. The van der Waals surface area contributed by atoms with Gasteiger partial charge in [0.2, 0.25) is 5.16 Å². The van der Waals surface area contributed by atoms with E-state index in [0.717, 1.165) is 41.5 Å². The van der Waals surface area contributed by atoms with Crippen molar-refractivity contribution >= 4 is 27.7 Å². The van der Waals surface area contributed by atoms with Crippen LogP contribution in [-0.2, 0) is 9.47 Å². The van der Waals surface area contributed by atoms with E-state index in [4.69, 9.17) is 9.47 Å². The van der Waals surface area contributed by atoms with Gasteiger partial charge in [-0.3, -0.25) is 5.10 Å². The van der Waals surface area contributed by atoms with E-state index in [-0.39, 0.29) is 12.4 Å². The molecule has 1 aromatic heterocycles. The monoisotopic (exact) mass is 335 g/mol. The van der Waals surface area contributed by atoms with E-state index in [0.29, 0.717) is 0 Å². The number of aromatic amines is 1. The zero-order valence-corrected chi connectivity index (χ0v) is 12.8. The fourth-order valence-corrected chi connectivity index (χ4v) is 3.24. The summed E-state index contributed by atoms with van der Waals surface area (Å²) >= 11 is 5.08. The molecule has 1 N–H and O–H groups in total. The van der Waals surface area contributed by atoms with Gasteiger partial charge in [0.15, 0.2) is 6.29 Å². The standard InChI is InChI=1S/C11H18BrN3O2S/c1-8-13-11(15-14-8)18-7-9(6-12)17-10-4-2-3-5-16-10/h9-10H,2-7H2,1H3,(H,13,14,15). The minimum atomic E-state index is -0.0456. The molecule has 0 amide bonds. The third-order valence-electron chi connectivity index (χ3n) is 2.63. The highest BCUT2D eigenvalue weighted by Gasteiger charge is 2.19. The SMILES string of the molecule is Cc1nc(SCC(CBr)OC2CCCCO2)n[nH]1. The number of H-pyrrole nitrogens is 1. The van der Waals surface area contributed by atoms with E-state index in [2.05, 4.69) is 31.1 Å². The maximum atomic E-state index is 5.91. The summed E-state index contributed by atoms with van der Waals surface area (Å²) in [6, 6.07) is 0. The maximum absolute atomic E-state index is 5.91. The molecule has 1 aromatic rings. The summed E-state index contributed by atoms with van der Waals surface area (Å²) in [7, 11) is 0. The van der Waals surface area contributed by atoms with Gasteiger partial charge in [0.05, 0.1) is 6.10 Å². The predicted molar refractivity (Wildman–Crippen MR) is 74.1 cm³/mol. The topological polar surface area (TPSA) is 60.0 Å². The summed E-state index contributed by atoms with van der Waals surface area (Å²) in [5.41, 5.74) is 0. The Morgan fingerprint density at radius 2 is 2.50 bits per heavy atom. The lowest BCUT2D eigenvalue weighted by Crippen LogP contribution is -2.30. The molecule has 1 saturated heterocycles. The molecule has 1 fully saturated rings. The Hall–Kier alpha value is -0.110. The second-order valence-corrected chi connectivity index (χ2v) is 5.86. The quantitative estimate of drug-likeness (QED) is 0.639. The van der Waals surface area contributed by atoms with Gasteiger partial charge in [-0.15, -0.1) is 5.10 Å². The third kappa shape index (κ3) is 4.53. The normalized spacial score (nSPS) is 22.0. The number of alkyl halides is 1. The lowest BCUT2D eigenvalue weighted by atomic mass is 10.2. The van der Waals surface area contributed by atoms with Crippen molar-refractivity contribution in [3.8, 4) is 0 Å². The second kappa shape index (κ2) is 7.47. The van der Waals surface area contributed by atoms with Crippen molar-refractivity contribution in [2.75, 3.05) is 17.7 Å². The summed E-state index contributed by atoms with van der Waals surface area (Å²) in [4.78, 5) is 4.26. The molecule has 1 aliphatic rings. The molecule has 7 heteroatoms. The molecule has 2 unspecified atom stereocenters. The Morgan fingerprint density at radius 3 is 3.11 bits per heavy atom. The first kappa shape index (κ1) is 14.3. The summed E-state index contributed by atoms with van der Waals surface area (Å²) in [5, 5.41) is 8.49. The van der Waals surface area contributed by atoms with Gasteiger partial charge in [0.25, 0.3) is 0 Å². The van der Waals surface area contributed by atoms with Gasteiger partial charge in [-0.25, -0.2) is 4.98 Å². The smallest absolute Gasteiger partial charge is 0.208 e. The molecular weight excluding hydrogens is 318 g/mol. The average molecular weight is 336 g/mol. The highest BCUT2D eigenvalue weighted by atomic mass is 79.9. The molecule has 18 heavy (non-hydrogen) atoms. The Bertz CT molecular complexity index is 358. The fourth-order valence-electron chi connectivity index (χ4n) is 1.71. The van der Waals surface area contributed by atoms with Crippen molar-refractivity contribution in [3.63, 3.8) is 0 Å². The number of hydrogen-bond acceptors (Lipinski definition) is 5. The van der Waals surface area contributed by atoms with Crippen LogP contribution in [0.3, 0.4) is 0 Å². The van der Waals surface area contributed by atoms with E-state index < -0.39 is 0 Å². The lowest BCUT2D eigenvalue weighted by molar-refractivity contribution is -0.178. The highest BCUT2D eigenvalue weighted by molar-refractivity contribution is 9.09. The number of aryl methyl sites for hydroxylation is 1. The highest BCUT2D eigenvalue weighted by Crippen LogP contribution is 2.20. The van der Waals surface area contributed by atoms with Gasteiger partial charge in [0.1, 0.15) is 5.82 Å². The van der Waals surface area contributed by atoms with Crippen molar-refractivity contribution in [2.45, 2.75) is 43.7 Å². The van der Waals surface area contributed by atoms with Crippen LogP contribution in [0.2, 0.25) is 0 Å². The second-order valence-electron chi connectivity index (χ2n) is 4.22. The van der Waals surface area contributed by atoms with Gasteiger partial charge in [0, 0.05) is 17.7 Å². The van der Waals surface area contributed by atoms with Crippen LogP contribution in [0.5, 0.6) is 0 Å². The van der Waals surface area contributed by atoms with Gasteiger partial charge < -0.3 is 9.47 Å². The van der Waals surface area contributed by atoms with Crippen LogP contribution in [0.1, 0.15) is 25.1 Å². The minimum Gasteiger partial charge on any atom is -0.353 e. The molecule has 0 saturated carbocycles. The zero-order valence-electron chi connectivity index (χ0n) is 10.4. The molecule has 0 spiro atoms. The molecule has 0 radical (unpaired) electrons. The number of rotatable bonds is 6. The molecule has 102 valence electrons. The van der Waals surface area contributed by atoms with Gasteiger partial charge in [-0.2, -0.15) is 0 Å². The van der Waals surface area contributed by atoms with Crippen molar-refractivity contribution in [3.05, 3.63) is 5.82 Å². The summed E-state index contributed by atoms with van der Waals surface area (Å²) in [6.45, 7) is 2.71. The van der Waals surface area contributed by atoms with Crippen LogP contribution in [0.15, 0.2) is 5.16 Å². The van der Waals surface area contributed by atoms with Gasteiger partial charge >= 0.3 is 0 Å². The average Bonchev–Trinajstić information content (AvgIpc) is 2.81. The van der Waals surface area contributed by atoms with Gasteiger partial charge in [-0.05, 0) is 26.2 Å². The van der Waals surface area contributed by atoms with E-state index in [1.165, 1.54) is 6.42 Å². The first-order valence-electron chi connectivity index (χ1n) is 6.13. The predicted octanol–water partition coefficient (Wildman–Crippen LogP) is 2.51. The van der Waals surface area contributed by atoms with Crippen LogP contribution < -0.4 is 0 Å². The van der Waals surface area contributed by atoms with Crippen molar-refractivity contribution in [2.24, 2.45) is 0 Å². The fraction of sp³-hybridized carbons (Fsp3) is 0.818. The van der Waals surface area contributed by atoms with E-state index in [1.54, 1.807) is 11.8 Å². The Labute approximate surface area is 120 Å². The van der Waals surface area contributed by atoms with Crippen molar-refractivity contribution in [1.29, 1.82) is 0 Å². The number of thioether (sulfide) groups is 1. The summed E-state index contributed by atoms with van der Waals surface area (Å²) < 4.78 is 11.5. The first-order valence-corrected chi connectivity index (χ1v) is 8.23. The molecule has 2 atom stereocenters. The molecular formula is C11H18BrN3O2S. The molecule has 1 aliphatic heterocycles. The number of aromatic nitrogens is 3. The van der Waals surface area contributed by atoms with E-state index in [9.17, 15) is 0 Å². The molecule has 0 aliphatic carbocycles. The van der Waals surface area contributed by atoms with Crippen LogP contribution >= 0.6 is 27.7 Å². The maximum Gasteiger partial charge on any atom is 0.208 e. The first-order chi connectivity index (χ1) is 8.78. The zero-order chi connectivity index (χ0) is 12.8. The van der Waals surface area contributed by atoms with Crippen molar-refractivity contribution < 1.29 is 9.47 Å². The largest absolute Gasteiger partial charge is 0.353 e. The van der Waals surface area contributed by atoms with Crippen LogP contribution in [0.25, 0.3) is 0 Å². The number of nitrogens with zero attached hydrogens (tertiary/aromatic N) is 2. The molecule has 0 bridgehead atoms. The third-order valence-corrected chi connectivity index (χ3v) is 4.33. The lowest BCUT2D eigenvalue weighted by Gasteiger charge is -2.26. The Morgan fingerprint density at radius 1 is 1.61 bits per heavy atom. The molecule has 2 heterocycles. The number of ether oxygens (including phenoxy) is 2. The van der Waals surface area contributed by atoms with Crippen molar-refractivity contribution in [1.82, 2.24) is 15.2 Å². The summed E-state index contributed by atoms with van der Waals surface area (Å²) in [6.07, 6.45) is 3.40. The molecule has 2 rings (SSSR count). The Kier molecular flexibility index (Phi) is 5.94. The van der Waals surface area contributed by atoms with E-state index in [1.807, 2.05) is 6.92 Å². The summed E-state index contributed by atoms with van der Waals surface area (Å²) in [5.74, 6) is 1.66. The number of hydrogen-bond donors (Lipinski definition) is 1. The van der Waals surface area contributed by atoms with Crippen LogP contribution in [0, 0.1) is 6.92 Å². The van der Waals surface area contributed by atoms with Crippen LogP contribution in [-0.4, -0.2) is 45.3 Å². The number of halogens is 1. The van der Waals surface area contributed by atoms with Gasteiger partial charge in [-0.1, -0.05) is 27.7 Å².